The van der Waals surface area contributed by atoms with Gasteiger partial charge in [0.2, 0.25) is 0 Å². The molecule has 2 aromatic rings. The Morgan fingerprint density at radius 2 is 1.79 bits per heavy atom. The normalized spacial score (nSPS) is 12.2. The molecule has 0 aliphatic carbocycles. The van der Waals surface area contributed by atoms with E-state index in [9.17, 15) is 0 Å². The second kappa shape index (κ2) is 6.63. The first-order valence-corrected chi connectivity index (χ1v) is 7.21. The van der Waals surface area contributed by atoms with Crippen LogP contribution in [0.1, 0.15) is 37.4 Å². The van der Waals surface area contributed by atoms with E-state index in [1.54, 1.807) is 0 Å². The van der Waals surface area contributed by atoms with E-state index in [-0.39, 0.29) is 0 Å². The second-order valence-electron chi connectivity index (χ2n) is 4.71. The summed E-state index contributed by atoms with van der Waals surface area (Å²) >= 11 is 5.94. The van der Waals surface area contributed by atoms with Crippen LogP contribution in [0.3, 0.4) is 0 Å². The highest BCUT2D eigenvalue weighted by molar-refractivity contribution is 6.30. The van der Waals surface area contributed by atoms with Crippen molar-refractivity contribution < 1.29 is 0 Å². The Bertz CT molecular complexity index is 519. The van der Waals surface area contributed by atoms with Gasteiger partial charge in [0, 0.05) is 10.7 Å². The maximum Gasteiger partial charge on any atom is 0.0511 e. The summed E-state index contributed by atoms with van der Waals surface area (Å²) in [4.78, 5) is 0. The average Bonchev–Trinajstić information content (AvgIpc) is 2.46. The number of halogens is 1. The second-order valence-corrected chi connectivity index (χ2v) is 5.15. The van der Waals surface area contributed by atoms with Gasteiger partial charge in [-0.25, -0.2) is 0 Å². The maximum atomic E-state index is 5.94. The van der Waals surface area contributed by atoms with E-state index in [2.05, 4.69) is 55.6 Å². The van der Waals surface area contributed by atoms with Crippen LogP contribution >= 0.6 is 11.6 Å². The number of benzene rings is 2. The molecular weight excluding hydrogens is 254 g/mol. The standard InChI is InChI=1S/C17H20ClN/c1-3-13-6-5-7-16(12-13)19-17(4-2)14-8-10-15(18)11-9-14/h5-12,17,19H,3-4H2,1-2H3. The van der Waals surface area contributed by atoms with Crippen molar-refractivity contribution in [3.05, 3.63) is 64.7 Å². The molecule has 2 aromatic carbocycles. The third-order valence-electron chi connectivity index (χ3n) is 3.36. The fraction of sp³-hybridized carbons (Fsp3) is 0.294. The van der Waals surface area contributed by atoms with Gasteiger partial charge in [-0.3, -0.25) is 0 Å². The van der Waals surface area contributed by atoms with Gasteiger partial charge in [-0.1, -0.05) is 49.7 Å². The first-order valence-electron chi connectivity index (χ1n) is 6.84. The first kappa shape index (κ1) is 14.0. The van der Waals surface area contributed by atoms with E-state index in [1.807, 2.05) is 12.1 Å². The van der Waals surface area contributed by atoms with Crippen LogP contribution in [-0.4, -0.2) is 0 Å². The van der Waals surface area contributed by atoms with E-state index < -0.39 is 0 Å². The molecule has 0 radical (unpaired) electrons. The lowest BCUT2D eigenvalue weighted by molar-refractivity contribution is 0.749. The lowest BCUT2D eigenvalue weighted by Gasteiger charge is -2.19. The maximum absolute atomic E-state index is 5.94. The zero-order valence-electron chi connectivity index (χ0n) is 11.5. The van der Waals surface area contributed by atoms with Gasteiger partial charge < -0.3 is 5.32 Å². The molecule has 2 heteroatoms. The van der Waals surface area contributed by atoms with Crippen LogP contribution in [0.4, 0.5) is 5.69 Å². The van der Waals surface area contributed by atoms with Crippen molar-refractivity contribution in [3.63, 3.8) is 0 Å². The summed E-state index contributed by atoms with van der Waals surface area (Å²) in [6, 6.07) is 17.0. The molecule has 1 nitrogen and oxygen atoms in total. The molecule has 2 rings (SSSR count). The molecule has 0 spiro atoms. The third kappa shape index (κ3) is 3.74. The SMILES string of the molecule is CCc1cccc(NC(CC)c2ccc(Cl)cc2)c1. The predicted molar refractivity (Wildman–Crippen MR) is 83.9 cm³/mol. The fourth-order valence-corrected chi connectivity index (χ4v) is 2.32. The van der Waals surface area contributed by atoms with Crippen molar-refractivity contribution in [1.29, 1.82) is 0 Å². The number of rotatable bonds is 5. The van der Waals surface area contributed by atoms with Crippen LogP contribution in [0.15, 0.2) is 48.5 Å². The summed E-state index contributed by atoms with van der Waals surface area (Å²) in [7, 11) is 0. The summed E-state index contributed by atoms with van der Waals surface area (Å²) in [6.45, 7) is 4.37. The molecule has 1 atom stereocenters. The smallest absolute Gasteiger partial charge is 0.0511 e. The van der Waals surface area contributed by atoms with Crippen LogP contribution in [0.5, 0.6) is 0 Å². The minimum atomic E-state index is 0.323. The van der Waals surface area contributed by atoms with Crippen molar-refractivity contribution in [2.45, 2.75) is 32.7 Å². The molecule has 1 N–H and O–H groups in total. The number of hydrogen-bond donors (Lipinski definition) is 1. The zero-order chi connectivity index (χ0) is 13.7. The van der Waals surface area contributed by atoms with Gasteiger partial charge in [-0.15, -0.1) is 0 Å². The third-order valence-corrected chi connectivity index (χ3v) is 3.61. The molecule has 0 heterocycles. The Kier molecular flexibility index (Phi) is 4.86. The van der Waals surface area contributed by atoms with E-state index in [1.165, 1.54) is 16.8 Å². The number of hydrogen-bond acceptors (Lipinski definition) is 1. The Morgan fingerprint density at radius 1 is 1.05 bits per heavy atom. The summed E-state index contributed by atoms with van der Waals surface area (Å²) < 4.78 is 0. The number of anilines is 1. The molecule has 0 saturated heterocycles. The van der Waals surface area contributed by atoms with Crippen LogP contribution in [-0.2, 0) is 6.42 Å². The summed E-state index contributed by atoms with van der Waals surface area (Å²) in [5.74, 6) is 0. The summed E-state index contributed by atoms with van der Waals surface area (Å²) in [6.07, 6.45) is 2.10. The molecule has 19 heavy (non-hydrogen) atoms. The molecular formula is C17H20ClN. The minimum Gasteiger partial charge on any atom is -0.378 e. The van der Waals surface area contributed by atoms with Gasteiger partial charge in [-0.2, -0.15) is 0 Å². The number of nitrogens with one attached hydrogen (secondary N) is 1. The van der Waals surface area contributed by atoms with Gasteiger partial charge in [0.25, 0.3) is 0 Å². The highest BCUT2D eigenvalue weighted by Gasteiger charge is 2.09. The summed E-state index contributed by atoms with van der Waals surface area (Å²) in [5.41, 5.74) is 3.81. The lowest BCUT2D eigenvalue weighted by Crippen LogP contribution is -2.09. The van der Waals surface area contributed by atoms with Gasteiger partial charge in [0.15, 0.2) is 0 Å². The van der Waals surface area contributed by atoms with Crippen molar-refractivity contribution in [1.82, 2.24) is 0 Å². The quantitative estimate of drug-likeness (QED) is 0.762. The van der Waals surface area contributed by atoms with Crippen molar-refractivity contribution in [2.75, 3.05) is 5.32 Å². The monoisotopic (exact) mass is 273 g/mol. The first-order chi connectivity index (χ1) is 9.22. The summed E-state index contributed by atoms with van der Waals surface area (Å²) in [5, 5.41) is 4.38. The van der Waals surface area contributed by atoms with Gasteiger partial charge in [0.05, 0.1) is 6.04 Å². The van der Waals surface area contributed by atoms with Crippen molar-refractivity contribution >= 4 is 17.3 Å². The Balaban J connectivity index is 2.16. The van der Waals surface area contributed by atoms with E-state index >= 15 is 0 Å². The van der Waals surface area contributed by atoms with Crippen LogP contribution < -0.4 is 5.32 Å². The molecule has 100 valence electrons. The molecule has 0 aromatic heterocycles. The van der Waals surface area contributed by atoms with Crippen LogP contribution in [0, 0.1) is 0 Å². The van der Waals surface area contributed by atoms with E-state index in [0.717, 1.165) is 17.9 Å². The van der Waals surface area contributed by atoms with Crippen LogP contribution in [0.2, 0.25) is 5.02 Å². The molecule has 0 amide bonds. The topological polar surface area (TPSA) is 12.0 Å². The van der Waals surface area contributed by atoms with E-state index in [4.69, 9.17) is 11.6 Å². The molecule has 0 bridgehead atoms. The Labute approximate surface area is 120 Å². The zero-order valence-corrected chi connectivity index (χ0v) is 12.2. The van der Waals surface area contributed by atoms with Crippen molar-refractivity contribution in [2.24, 2.45) is 0 Å². The highest BCUT2D eigenvalue weighted by Crippen LogP contribution is 2.24. The molecule has 0 aliphatic heterocycles. The fourth-order valence-electron chi connectivity index (χ4n) is 2.20. The largest absolute Gasteiger partial charge is 0.378 e. The molecule has 1 unspecified atom stereocenters. The van der Waals surface area contributed by atoms with E-state index in [0.29, 0.717) is 6.04 Å². The van der Waals surface area contributed by atoms with Gasteiger partial charge >= 0.3 is 0 Å². The highest BCUT2D eigenvalue weighted by atomic mass is 35.5. The molecule has 0 saturated carbocycles. The molecule has 0 aliphatic rings. The number of aryl methyl sites for hydroxylation is 1. The van der Waals surface area contributed by atoms with Gasteiger partial charge in [-0.05, 0) is 48.2 Å². The molecule has 0 fully saturated rings. The lowest BCUT2D eigenvalue weighted by atomic mass is 10.0. The van der Waals surface area contributed by atoms with Crippen LogP contribution in [0.25, 0.3) is 0 Å². The van der Waals surface area contributed by atoms with Gasteiger partial charge in [0.1, 0.15) is 0 Å². The average molecular weight is 274 g/mol. The Hall–Kier alpha value is -1.47. The predicted octanol–water partition coefficient (Wildman–Crippen LogP) is 5.47. The Morgan fingerprint density at radius 3 is 2.42 bits per heavy atom. The van der Waals surface area contributed by atoms with Crippen molar-refractivity contribution in [3.8, 4) is 0 Å². The minimum absolute atomic E-state index is 0.323.